The van der Waals surface area contributed by atoms with Gasteiger partial charge in [0.15, 0.2) is 0 Å². The van der Waals surface area contributed by atoms with Gasteiger partial charge < -0.3 is 10.1 Å². The normalized spacial score (nSPS) is 13.0. The van der Waals surface area contributed by atoms with Gasteiger partial charge in [0.1, 0.15) is 5.75 Å². The SMILES string of the molecule is CNC(C)c1csc2c(OC)cccc12. The number of nitrogens with one attached hydrogen (secondary N) is 1. The number of benzene rings is 1. The Morgan fingerprint density at radius 3 is 2.87 bits per heavy atom. The van der Waals surface area contributed by atoms with E-state index in [2.05, 4.69) is 23.7 Å². The largest absolute Gasteiger partial charge is 0.495 e. The monoisotopic (exact) mass is 221 g/mol. The molecule has 0 saturated heterocycles. The highest BCUT2D eigenvalue weighted by Crippen LogP contribution is 2.35. The van der Waals surface area contributed by atoms with Crippen molar-refractivity contribution in [1.29, 1.82) is 0 Å². The van der Waals surface area contributed by atoms with Crippen molar-refractivity contribution in [1.82, 2.24) is 5.32 Å². The second-order valence-electron chi connectivity index (χ2n) is 3.54. The fourth-order valence-electron chi connectivity index (χ4n) is 1.70. The molecule has 1 atom stereocenters. The Hall–Kier alpha value is -1.06. The van der Waals surface area contributed by atoms with E-state index in [4.69, 9.17) is 4.74 Å². The predicted octanol–water partition coefficient (Wildman–Crippen LogP) is 3.19. The van der Waals surface area contributed by atoms with Crippen molar-refractivity contribution in [3.63, 3.8) is 0 Å². The van der Waals surface area contributed by atoms with E-state index in [9.17, 15) is 0 Å². The summed E-state index contributed by atoms with van der Waals surface area (Å²) in [6.07, 6.45) is 0. The van der Waals surface area contributed by atoms with Crippen LogP contribution in [0, 0.1) is 0 Å². The highest BCUT2D eigenvalue weighted by Gasteiger charge is 2.11. The van der Waals surface area contributed by atoms with Gasteiger partial charge in [-0.25, -0.2) is 0 Å². The van der Waals surface area contributed by atoms with Crippen LogP contribution in [0.15, 0.2) is 23.6 Å². The standard InChI is InChI=1S/C12H15NOS/c1-8(13-2)10-7-15-12-9(10)5-4-6-11(12)14-3/h4-8,13H,1-3H3. The summed E-state index contributed by atoms with van der Waals surface area (Å²) >= 11 is 1.74. The Labute approximate surface area is 93.9 Å². The zero-order chi connectivity index (χ0) is 10.8. The molecule has 0 fully saturated rings. The maximum atomic E-state index is 5.34. The molecule has 2 rings (SSSR count). The zero-order valence-corrected chi connectivity index (χ0v) is 10.0. The molecule has 1 aromatic heterocycles. The van der Waals surface area contributed by atoms with E-state index in [1.807, 2.05) is 19.2 Å². The van der Waals surface area contributed by atoms with Gasteiger partial charge in [-0.2, -0.15) is 0 Å². The van der Waals surface area contributed by atoms with Crippen LogP contribution >= 0.6 is 11.3 Å². The van der Waals surface area contributed by atoms with Crippen LogP contribution < -0.4 is 10.1 Å². The van der Waals surface area contributed by atoms with Crippen molar-refractivity contribution in [2.75, 3.05) is 14.2 Å². The molecule has 1 N–H and O–H groups in total. The number of thiophene rings is 1. The molecule has 15 heavy (non-hydrogen) atoms. The first-order valence-corrected chi connectivity index (χ1v) is 5.87. The summed E-state index contributed by atoms with van der Waals surface area (Å²) in [6, 6.07) is 6.58. The van der Waals surface area contributed by atoms with Crippen molar-refractivity contribution in [2.45, 2.75) is 13.0 Å². The van der Waals surface area contributed by atoms with Gasteiger partial charge in [0.05, 0.1) is 11.8 Å². The van der Waals surface area contributed by atoms with Gasteiger partial charge in [0.25, 0.3) is 0 Å². The molecule has 0 spiro atoms. The average molecular weight is 221 g/mol. The molecule has 0 radical (unpaired) electrons. The second kappa shape index (κ2) is 4.21. The lowest BCUT2D eigenvalue weighted by Crippen LogP contribution is -2.11. The lowest BCUT2D eigenvalue weighted by atomic mass is 10.1. The lowest BCUT2D eigenvalue weighted by Gasteiger charge is -2.09. The second-order valence-corrected chi connectivity index (χ2v) is 4.42. The van der Waals surface area contributed by atoms with E-state index in [0.717, 1.165) is 5.75 Å². The van der Waals surface area contributed by atoms with Crippen molar-refractivity contribution in [2.24, 2.45) is 0 Å². The predicted molar refractivity (Wildman–Crippen MR) is 65.9 cm³/mol. The van der Waals surface area contributed by atoms with Gasteiger partial charge in [-0.1, -0.05) is 12.1 Å². The Morgan fingerprint density at radius 1 is 1.40 bits per heavy atom. The quantitative estimate of drug-likeness (QED) is 0.859. The van der Waals surface area contributed by atoms with Gasteiger partial charge in [-0.3, -0.25) is 0 Å². The average Bonchev–Trinajstić information content (AvgIpc) is 2.71. The highest BCUT2D eigenvalue weighted by atomic mass is 32.1. The van der Waals surface area contributed by atoms with E-state index in [1.54, 1.807) is 18.4 Å². The van der Waals surface area contributed by atoms with Crippen LogP contribution in [0.4, 0.5) is 0 Å². The van der Waals surface area contributed by atoms with Gasteiger partial charge >= 0.3 is 0 Å². The van der Waals surface area contributed by atoms with Crippen molar-refractivity contribution >= 4 is 21.4 Å². The van der Waals surface area contributed by atoms with E-state index in [1.165, 1.54) is 15.6 Å². The molecular weight excluding hydrogens is 206 g/mol. The molecular formula is C12H15NOS. The number of ether oxygens (including phenoxy) is 1. The lowest BCUT2D eigenvalue weighted by molar-refractivity contribution is 0.420. The minimum absolute atomic E-state index is 0.380. The van der Waals surface area contributed by atoms with E-state index in [-0.39, 0.29) is 0 Å². The van der Waals surface area contributed by atoms with Gasteiger partial charge in [-0.15, -0.1) is 11.3 Å². The first-order chi connectivity index (χ1) is 7.27. The van der Waals surface area contributed by atoms with E-state index in [0.29, 0.717) is 6.04 Å². The third-order valence-electron chi connectivity index (χ3n) is 2.71. The van der Waals surface area contributed by atoms with Crippen LogP contribution in [0.1, 0.15) is 18.5 Å². The molecule has 2 nitrogen and oxygen atoms in total. The molecule has 1 unspecified atom stereocenters. The van der Waals surface area contributed by atoms with Crippen LogP contribution in [-0.2, 0) is 0 Å². The number of methoxy groups -OCH3 is 1. The third kappa shape index (κ3) is 1.73. The van der Waals surface area contributed by atoms with Crippen LogP contribution in [0.2, 0.25) is 0 Å². The third-order valence-corrected chi connectivity index (χ3v) is 3.74. The van der Waals surface area contributed by atoms with E-state index < -0.39 is 0 Å². The molecule has 0 aliphatic heterocycles. The Kier molecular flexibility index (Phi) is 2.93. The molecule has 80 valence electrons. The van der Waals surface area contributed by atoms with Crippen LogP contribution in [0.3, 0.4) is 0 Å². The molecule has 0 aliphatic rings. The summed E-state index contributed by atoms with van der Waals surface area (Å²) in [5, 5.41) is 6.76. The molecule has 1 heterocycles. The summed E-state index contributed by atoms with van der Waals surface area (Å²) in [5.74, 6) is 0.965. The smallest absolute Gasteiger partial charge is 0.136 e. The number of hydrogen-bond donors (Lipinski definition) is 1. The molecule has 0 bridgehead atoms. The summed E-state index contributed by atoms with van der Waals surface area (Å²) < 4.78 is 6.58. The summed E-state index contributed by atoms with van der Waals surface area (Å²) in [6.45, 7) is 2.17. The van der Waals surface area contributed by atoms with Crippen molar-refractivity contribution in [3.05, 3.63) is 29.1 Å². The fraction of sp³-hybridized carbons (Fsp3) is 0.333. The fourth-order valence-corrected chi connectivity index (χ4v) is 2.86. The zero-order valence-electron chi connectivity index (χ0n) is 9.20. The molecule has 3 heteroatoms. The first-order valence-electron chi connectivity index (χ1n) is 4.99. The van der Waals surface area contributed by atoms with Gasteiger partial charge in [-0.05, 0) is 31.0 Å². The molecule has 0 saturated carbocycles. The summed E-state index contributed by atoms with van der Waals surface area (Å²) in [4.78, 5) is 0. The molecule has 0 amide bonds. The van der Waals surface area contributed by atoms with Gasteiger partial charge in [0, 0.05) is 11.4 Å². The summed E-state index contributed by atoms with van der Waals surface area (Å²) in [7, 11) is 3.70. The van der Waals surface area contributed by atoms with Crippen LogP contribution in [-0.4, -0.2) is 14.2 Å². The number of rotatable bonds is 3. The topological polar surface area (TPSA) is 21.3 Å². The Balaban J connectivity index is 2.60. The summed E-state index contributed by atoms with van der Waals surface area (Å²) in [5.41, 5.74) is 1.34. The van der Waals surface area contributed by atoms with Crippen molar-refractivity contribution in [3.8, 4) is 5.75 Å². The highest BCUT2D eigenvalue weighted by molar-refractivity contribution is 7.17. The minimum atomic E-state index is 0.380. The van der Waals surface area contributed by atoms with Crippen molar-refractivity contribution < 1.29 is 4.74 Å². The van der Waals surface area contributed by atoms with Gasteiger partial charge in [0.2, 0.25) is 0 Å². The minimum Gasteiger partial charge on any atom is -0.495 e. The molecule has 2 aromatic rings. The number of fused-ring (bicyclic) bond motifs is 1. The Bertz CT molecular complexity index is 464. The maximum absolute atomic E-state index is 5.34. The first kappa shape index (κ1) is 10.5. The molecule has 1 aromatic carbocycles. The maximum Gasteiger partial charge on any atom is 0.136 e. The van der Waals surface area contributed by atoms with Crippen LogP contribution in [0.25, 0.3) is 10.1 Å². The van der Waals surface area contributed by atoms with Crippen LogP contribution in [0.5, 0.6) is 5.75 Å². The van der Waals surface area contributed by atoms with E-state index >= 15 is 0 Å². The Morgan fingerprint density at radius 2 is 2.20 bits per heavy atom. The molecule has 0 aliphatic carbocycles. The number of hydrogen-bond acceptors (Lipinski definition) is 3.